The van der Waals surface area contributed by atoms with E-state index in [2.05, 4.69) is 11.6 Å². The molecule has 2 aliphatic rings. The molecule has 12 heteroatoms. The molecule has 4 aromatic rings. The molecule has 1 N–H and O–H groups in total. The van der Waals surface area contributed by atoms with Crippen LogP contribution >= 0.6 is 11.3 Å². The number of aromatic nitrogens is 1. The summed E-state index contributed by atoms with van der Waals surface area (Å²) in [7, 11) is 0. The second-order valence-electron chi connectivity index (χ2n) is 10.7. The van der Waals surface area contributed by atoms with Gasteiger partial charge in [-0.05, 0) is 55.3 Å². The Kier molecular flexibility index (Phi) is 9.44. The van der Waals surface area contributed by atoms with Crippen molar-refractivity contribution in [2.45, 2.75) is 26.5 Å². The number of hydrogen-bond acceptors (Lipinski definition) is 11. The van der Waals surface area contributed by atoms with Crippen LogP contribution in [0.25, 0.3) is 5.76 Å². The lowest BCUT2D eigenvalue weighted by atomic mass is 9.95. The number of aliphatic hydroxyl groups is 1. The quantitative estimate of drug-likeness (QED) is 0.0650. The third-order valence-corrected chi connectivity index (χ3v) is 8.73. The maximum Gasteiger partial charge on any atom is 0.350 e. The Balaban J connectivity index is 1.47. The molecule has 0 bridgehead atoms. The number of aryl methyl sites for hydroxylation is 1. The van der Waals surface area contributed by atoms with Gasteiger partial charge in [0.25, 0.3) is 5.78 Å². The molecule has 3 aromatic carbocycles. The maximum absolute atomic E-state index is 13.8. The van der Waals surface area contributed by atoms with E-state index in [1.807, 2.05) is 37.3 Å². The summed E-state index contributed by atoms with van der Waals surface area (Å²) in [5.74, 6) is -1.20. The van der Waals surface area contributed by atoms with Crippen molar-refractivity contribution >= 4 is 39.9 Å². The maximum atomic E-state index is 13.8. The highest BCUT2D eigenvalue weighted by atomic mass is 32.1. The van der Waals surface area contributed by atoms with Crippen molar-refractivity contribution in [2.75, 3.05) is 31.3 Å². The molecule has 0 radical (unpaired) electrons. The first-order chi connectivity index (χ1) is 23.3. The molecule has 48 heavy (non-hydrogen) atoms. The predicted octanol–water partition coefficient (Wildman–Crippen LogP) is 6.17. The average molecular weight is 669 g/mol. The molecule has 3 heterocycles. The van der Waals surface area contributed by atoms with E-state index in [9.17, 15) is 19.5 Å². The molecule has 1 amide bonds. The summed E-state index contributed by atoms with van der Waals surface area (Å²) >= 11 is 0.907. The topological polar surface area (TPSA) is 134 Å². The number of rotatable bonds is 11. The van der Waals surface area contributed by atoms with Crippen molar-refractivity contribution in [3.05, 3.63) is 112 Å². The van der Waals surface area contributed by atoms with E-state index >= 15 is 0 Å². The molecule has 246 valence electrons. The molecule has 1 saturated heterocycles. The predicted molar refractivity (Wildman–Crippen MR) is 178 cm³/mol. The average Bonchev–Trinajstić information content (AvgIpc) is 3.62. The second kappa shape index (κ2) is 14.0. The fraction of sp³-hybridized carbons (Fsp3) is 0.222. The number of anilines is 1. The largest absolute Gasteiger partial charge is 0.507 e. The molecular weight excluding hydrogens is 636 g/mol. The Morgan fingerprint density at radius 3 is 2.56 bits per heavy atom. The van der Waals surface area contributed by atoms with Crippen molar-refractivity contribution in [1.29, 1.82) is 0 Å². The zero-order valence-electron chi connectivity index (χ0n) is 26.3. The first-order valence-corrected chi connectivity index (χ1v) is 16.0. The number of amides is 1. The molecule has 6 rings (SSSR count). The van der Waals surface area contributed by atoms with Crippen LogP contribution in [0.4, 0.5) is 5.13 Å². The number of carbonyl (C=O) groups excluding carboxylic acids is 3. The third kappa shape index (κ3) is 6.34. The summed E-state index contributed by atoms with van der Waals surface area (Å²) < 4.78 is 28.6. The second-order valence-corrected chi connectivity index (χ2v) is 11.7. The summed E-state index contributed by atoms with van der Waals surface area (Å²) in [6.07, 6.45) is 1.44. The van der Waals surface area contributed by atoms with E-state index in [0.29, 0.717) is 54.1 Å². The fourth-order valence-electron chi connectivity index (χ4n) is 5.38. The number of ketones is 1. The van der Waals surface area contributed by atoms with E-state index in [1.165, 1.54) is 11.0 Å². The molecular formula is C36H32N2O9S. The van der Waals surface area contributed by atoms with Gasteiger partial charge >= 0.3 is 11.9 Å². The highest BCUT2D eigenvalue weighted by Crippen LogP contribution is 2.46. The van der Waals surface area contributed by atoms with Gasteiger partial charge in [0.2, 0.25) is 0 Å². The molecule has 1 unspecified atom stereocenters. The van der Waals surface area contributed by atoms with Gasteiger partial charge in [-0.15, -0.1) is 0 Å². The lowest BCUT2D eigenvalue weighted by Gasteiger charge is -2.24. The zero-order valence-corrected chi connectivity index (χ0v) is 27.1. The van der Waals surface area contributed by atoms with Crippen LogP contribution in [-0.2, 0) is 20.9 Å². The Labute approximate surface area is 280 Å². The lowest BCUT2D eigenvalue weighted by molar-refractivity contribution is -0.132. The molecule has 2 aliphatic heterocycles. The van der Waals surface area contributed by atoms with E-state index in [1.54, 1.807) is 43.3 Å². The summed E-state index contributed by atoms with van der Waals surface area (Å²) in [5, 5.41) is 11.8. The number of nitrogens with zero attached hydrogens (tertiary/aromatic N) is 2. The van der Waals surface area contributed by atoms with Gasteiger partial charge in [0.1, 0.15) is 37.1 Å². The molecule has 1 fully saturated rings. The van der Waals surface area contributed by atoms with Crippen molar-refractivity contribution in [2.24, 2.45) is 0 Å². The van der Waals surface area contributed by atoms with Crippen LogP contribution in [0.3, 0.4) is 0 Å². The smallest absolute Gasteiger partial charge is 0.350 e. The number of fused-ring (bicyclic) bond motifs is 1. The Bertz CT molecular complexity index is 1920. The fourth-order valence-corrected chi connectivity index (χ4v) is 6.37. The normalized spacial score (nSPS) is 16.5. The minimum absolute atomic E-state index is 0.00947. The van der Waals surface area contributed by atoms with Gasteiger partial charge in [-0.2, -0.15) is 0 Å². The highest BCUT2D eigenvalue weighted by Gasteiger charge is 2.49. The standard InChI is InChI=1S/C36H32N2O9S/c1-4-15-46-35(42)33-21(3)37-36(48-33)38-30(23-11-13-26(27(18-23)43-5-2)47-20-22-9-7-6-8-10-22)29(32(40)34(38)41)31(39)24-12-14-25-28(19-24)45-17-16-44-25/h4,6-14,18-19,30,39H,1,5,15-17,20H2,2-3H3/b31-29-. The third-order valence-electron chi connectivity index (χ3n) is 7.59. The Morgan fingerprint density at radius 2 is 1.81 bits per heavy atom. The minimum Gasteiger partial charge on any atom is -0.507 e. The van der Waals surface area contributed by atoms with Crippen LogP contribution in [0.5, 0.6) is 23.0 Å². The van der Waals surface area contributed by atoms with Gasteiger partial charge in [-0.25, -0.2) is 9.78 Å². The molecule has 1 atom stereocenters. The van der Waals surface area contributed by atoms with E-state index < -0.39 is 29.5 Å². The van der Waals surface area contributed by atoms with Gasteiger partial charge in [-0.1, -0.05) is 60.4 Å². The van der Waals surface area contributed by atoms with Gasteiger partial charge < -0.3 is 28.8 Å². The van der Waals surface area contributed by atoms with Crippen LogP contribution in [0.1, 0.15) is 45.0 Å². The molecule has 0 saturated carbocycles. The van der Waals surface area contributed by atoms with Gasteiger partial charge in [0, 0.05) is 5.56 Å². The van der Waals surface area contributed by atoms with Crippen molar-refractivity contribution in [3.63, 3.8) is 0 Å². The number of aliphatic hydroxyl groups excluding tert-OH is 1. The van der Waals surface area contributed by atoms with Crippen LogP contribution < -0.4 is 23.8 Å². The van der Waals surface area contributed by atoms with Crippen molar-refractivity contribution in [1.82, 2.24) is 4.98 Å². The Morgan fingerprint density at radius 1 is 1.04 bits per heavy atom. The monoisotopic (exact) mass is 668 g/mol. The highest BCUT2D eigenvalue weighted by molar-refractivity contribution is 7.17. The molecule has 1 aromatic heterocycles. The van der Waals surface area contributed by atoms with Crippen LogP contribution in [0.2, 0.25) is 0 Å². The number of Topliss-reactive ketones (excluding diaryl/α,β-unsaturated/α-hetero) is 1. The number of hydrogen-bond donors (Lipinski definition) is 1. The van der Waals surface area contributed by atoms with Gasteiger partial charge in [-0.3, -0.25) is 14.5 Å². The van der Waals surface area contributed by atoms with Gasteiger partial charge in [0.05, 0.1) is 23.9 Å². The SMILES string of the molecule is C=CCOC(=O)c1sc(N2C(=O)C(=O)/C(=C(\O)c3ccc4c(c3)OCCO4)C2c2ccc(OCc3ccccc3)c(OCC)c2)nc1C. The van der Waals surface area contributed by atoms with Crippen molar-refractivity contribution < 1.29 is 43.2 Å². The molecule has 0 aliphatic carbocycles. The van der Waals surface area contributed by atoms with Crippen LogP contribution in [-0.4, -0.2) is 54.2 Å². The van der Waals surface area contributed by atoms with Crippen LogP contribution in [0.15, 0.2) is 85.0 Å². The van der Waals surface area contributed by atoms with E-state index in [4.69, 9.17) is 23.7 Å². The number of thiazole rings is 1. The zero-order chi connectivity index (χ0) is 33.8. The first-order valence-electron chi connectivity index (χ1n) is 15.2. The van der Waals surface area contributed by atoms with E-state index in [0.717, 1.165) is 16.9 Å². The molecule has 11 nitrogen and oxygen atoms in total. The molecule has 0 spiro atoms. The minimum atomic E-state index is -1.15. The number of ether oxygens (including phenoxy) is 5. The Hall–Kier alpha value is -5.62. The van der Waals surface area contributed by atoms with Crippen molar-refractivity contribution in [3.8, 4) is 23.0 Å². The summed E-state index contributed by atoms with van der Waals surface area (Å²) in [5.41, 5.74) is 1.78. The number of esters is 1. The number of benzene rings is 3. The van der Waals surface area contributed by atoms with Crippen LogP contribution in [0, 0.1) is 6.92 Å². The summed E-state index contributed by atoms with van der Waals surface area (Å²) in [4.78, 5) is 46.3. The lowest BCUT2D eigenvalue weighted by Crippen LogP contribution is -2.29. The summed E-state index contributed by atoms with van der Waals surface area (Å²) in [6, 6.07) is 18.3. The van der Waals surface area contributed by atoms with E-state index in [-0.39, 0.29) is 34.4 Å². The first kappa shape index (κ1) is 32.3. The number of carbonyl (C=O) groups is 3. The summed E-state index contributed by atoms with van der Waals surface area (Å²) in [6.45, 7) is 8.28. The van der Waals surface area contributed by atoms with Gasteiger partial charge in [0.15, 0.2) is 28.1 Å².